The Morgan fingerprint density at radius 3 is 2.61 bits per heavy atom. The summed E-state index contributed by atoms with van der Waals surface area (Å²) in [5, 5.41) is 1.11. The minimum absolute atomic E-state index is 0.624. The van der Waals surface area contributed by atoms with Gasteiger partial charge < -0.3 is 10.5 Å². The molecule has 0 saturated carbocycles. The lowest BCUT2D eigenvalue weighted by Gasteiger charge is -2.10. The summed E-state index contributed by atoms with van der Waals surface area (Å²) in [7, 11) is 0. The second-order valence-corrected chi connectivity index (χ2v) is 6.82. The highest BCUT2D eigenvalue weighted by Gasteiger charge is 2.05. The third kappa shape index (κ3) is 4.33. The van der Waals surface area contributed by atoms with Crippen molar-refractivity contribution in [3.05, 3.63) is 75.7 Å². The van der Waals surface area contributed by atoms with Crippen molar-refractivity contribution >= 4 is 17.0 Å². The monoisotopic (exact) mass is 324 g/mol. The summed E-state index contributed by atoms with van der Waals surface area (Å²) in [6.07, 6.45) is 3.60. The second kappa shape index (κ2) is 7.29. The summed E-state index contributed by atoms with van der Waals surface area (Å²) in [5.41, 5.74) is 9.23. The number of benzene rings is 2. The van der Waals surface area contributed by atoms with Gasteiger partial charge in [0.15, 0.2) is 0 Å². The number of nitrogen functional groups attached to an aromatic ring is 1. The molecule has 0 bridgehead atoms. The molecule has 1 aromatic heterocycles. The van der Waals surface area contributed by atoms with E-state index in [2.05, 4.69) is 30.1 Å². The molecular weight excluding hydrogens is 304 g/mol. The molecule has 3 aromatic rings. The topological polar surface area (TPSA) is 48.1 Å². The Kier molecular flexibility index (Phi) is 4.93. The van der Waals surface area contributed by atoms with Crippen LogP contribution in [-0.4, -0.2) is 11.6 Å². The van der Waals surface area contributed by atoms with Gasteiger partial charge >= 0.3 is 0 Å². The maximum atomic E-state index is 6.12. The molecule has 23 heavy (non-hydrogen) atoms. The molecule has 118 valence electrons. The normalized spacial score (nSPS) is 10.7. The van der Waals surface area contributed by atoms with Crippen LogP contribution in [0.4, 0.5) is 5.69 Å². The third-order valence-corrected chi connectivity index (χ3v) is 4.50. The molecule has 0 saturated heterocycles. The van der Waals surface area contributed by atoms with E-state index in [-0.39, 0.29) is 0 Å². The molecule has 4 heteroatoms. The Hall–Kier alpha value is -2.33. The number of hydrogen-bond donors (Lipinski definition) is 1. The first-order valence-electron chi connectivity index (χ1n) is 7.67. The molecule has 0 atom stereocenters. The molecule has 0 fully saturated rings. The molecule has 0 aliphatic heterocycles. The van der Waals surface area contributed by atoms with Gasteiger partial charge in [-0.05, 0) is 30.2 Å². The lowest BCUT2D eigenvalue weighted by Crippen LogP contribution is -2.04. The predicted octanol–water partition coefficient (Wildman–Crippen LogP) is 4.25. The number of anilines is 1. The quantitative estimate of drug-likeness (QED) is 0.690. The summed E-state index contributed by atoms with van der Waals surface area (Å²) in [6, 6.07) is 16.3. The average Bonchev–Trinajstić information content (AvgIpc) is 2.95. The van der Waals surface area contributed by atoms with Gasteiger partial charge in [0, 0.05) is 23.9 Å². The van der Waals surface area contributed by atoms with Crippen molar-refractivity contribution in [2.45, 2.75) is 19.8 Å². The molecule has 1 heterocycles. The van der Waals surface area contributed by atoms with E-state index in [9.17, 15) is 0 Å². The van der Waals surface area contributed by atoms with Crippen LogP contribution in [0.1, 0.15) is 21.0 Å². The van der Waals surface area contributed by atoms with Gasteiger partial charge in [-0.3, -0.25) is 0 Å². The Morgan fingerprint density at radius 2 is 1.91 bits per heavy atom. The number of hydrogen-bond acceptors (Lipinski definition) is 4. The molecule has 0 spiro atoms. The van der Waals surface area contributed by atoms with Crippen LogP contribution in [0.5, 0.6) is 5.75 Å². The van der Waals surface area contributed by atoms with E-state index in [1.807, 2.05) is 36.5 Å². The van der Waals surface area contributed by atoms with Crippen molar-refractivity contribution in [3.63, 3.8) is 0 Å². The maximum absolute atomic E-state index is 6.12. The number of rotatable bonds is 6. The van der Waals surface area contributed by atoms with Crippen molar-refractivity contribution in [2.24, 2.45) is 0 Å². The van der Waals surface area contributed by atoms with E-state index < -0.39 is 0 Å². The van der Waals surface area contributed by atoms with E-state index in [0.29, 0.717) is 12.3 Å². The highest BCUT2D eigenvalue weighted by Crippen LogP contribution is 2.25. The Balaban J connectivity index is 1.58. The number of aromatic nitrogens is 1. The highest BCUT2D eigenvalue weighted by atomic mass is 32.1. The minimum atomic E-state index is 0.624. The maximum Gasteiger partial charge on any atom is 0.142 e. The zero-order chi connectivity index (χ0) is 16.1. The lowest BCUT2D eigenvalue weighted by molar-refractivity contribution is 0.323. The van der Waals surface area contributed by atoms with Gasteiger partial charge in [-0.25, -0.2) is 4.98 Å². The SMILES string of the molecule is Cc1cnc(Cc2ccc(OCCc3ccccc3)c(N)c2)s1. The van der Waals surface area contributed by atoms with Gasteiger partial charge in [0.2, 0.25) is 0 Å². The number of ether oxygens (including phenoxy) is 1. The molecule has 0 radical (unpaired) electrons. The summed E-state index contributed by atoms with van der Waals surface area (Å²) in [4.78, 5) is 5.62. The third-order valence-electron chi connectivity index (χ3n) is 3.59. The summed E-state index contributed by atoms with van der Waals surface area (Å²) in [5.74, 6) is 0.750. The molecule has 2 N–H and O–H groups in total. The van der Waals surface area contributed by atoms with Crippen molar-refractivity contribution in [2.75, 3.05) is 12.3 Å². The fourth-order valence-corrected chi connectivity index (χ4v) is 3.24. The number of nitrogens with two attached hydrogens (primary N) is 1. The van der Waals surface area contributed by atoms with E-state index in [1.54, 1.807) is 11.3 Å². The molecular formula is C19H20N2OS. The Bertz CT molecular complexity index is 768. The van der Waals surface area contributed by atoms with Gasteiger partial charge in [0.25, 0.3) is 0 Å². The molecule has 2 aromatic carbocycles. The standard InChI is InChI=1S/C19H20N2OS/c1-14-13-21-19(23-14)12-16-7-8-18(17(20)11-16)22-10-9-15-5-3-2-4-6-15/h2-8,11,13H,9-10,12,20H2,1H3. The van der Waals surface area contributed by atoms with Crippen LogP contribution in [0.3, 0.4) is 0 Å². The molecule has 0 unspecified atom stereocenters. The summed E-state index contributed by atoms with van der Waals surface area (Å²) < 4.78 is 5.81. The van der Waals surface area contributed by atoms with Crippen molar-refractivity contribution in [1.29, 1.82) is 0 Å². The van der Waals surface area contributed by atoms with Gasteiger partial charge in [0.05, 0.1) is 17.3 Å². The first-order chi connectivity index (χ1) is 11.2. The number of thiazole rings is 1. The van der Waals surface area contributed by atoms with E-state index >= 15 is 0 Å². The zero-order valence-corrected chi connectivity index (χ0v) is 14.0. The first kappa shape index (κ1) is 15.6. The van der Waals surface area contributed by atoms with Crippen molar-refractivity contribution in [3.8, 4) is 5.75 Å². The molecule has 0 aliphatic carbocycles. The van der Waals surface area contributed by atoms with Crippen LogP contribution in [0.15, 0.2) is 54.7 Å². The zero-order valence-electron chi connectivity index (χ0n) is 13.2. The smallest absolute Gasteiger partial charge is 0.142 e. The van der Waals surface area contributed by atoms with Gasteiger partial charge in [-0.1, -0.05) is 36.4 Å². The second-order valence-electron chi connectivity index (χ2n) is 5.50. The largest absolute Gasteiger partial charge is 0.491 e. The van der Waals surface area contributed by atoms with E-state index in [0.717, 1.165) is 29.2 Å². The molecule has 0 aliphatic rings. The Labute approximate surface area is 140 Å². The van der Waals surface area contributed by atoms with Crippen LogP contribution < -0.4 is 10.5 Å². The molecule has 3 nitrogen and oxygen atoms in total. The highest BCUT2D eigenvalue weighted by molar-refractivity contribution is 7.11. The Morgan fingerprint density at radius 1 is 1.09 bits per heavy atom. The van der Waals surface area contributed by atoms with Crippen LogP contribution >= 0.6 is 11.3 Å². The molecule has 0 amide bonds. The van der Waals surface area contributed by atoms with Gasteiger partial charge in [-0.15, -0.1) is 11.3 Å². The van der Waals surface area contributed by atoms with Gasteiger partial charge in [0.1, 0.15) is 5.75 Å². The van der Waals surface area contributed by atoms with Gasteiger partial charge in [-0.2, -0.15) is 0 Å². The fraction of sp³-hybridized carbons (Fsp3) is 0.211. The lowest BCUT2D eigenvalue weighted by atomic mass is 10.1. The van der Waals surface area contributed by atoms with Crippen molar-refractivity contribution in [1.82, 2.24) is 4.98 Å². The molecule has 3 rings (SSSR count). The van der Waals surface area contributed by atoms with E-state index in [4.69, 9.17) is 10.5 Å². The summed E-state index contributed by atoms with van der Waals surface area (Å²) >= 11 is 1.72. The van der Waals surface area contributed by atoms with Crippen LogP contribution in [0.2, 0.25) is 0 Å². The van der Waals surface area contributed by atoms with Crippen LogP contribution in [0, 0.1) is 6.92 Å². The number of aryl methyl sites for hydroxylation is 1. The van der Waals surface area contributed by atoms with Crippen LogP contribution in [0.25, 0.3) is 0 Å². The predicted molar refractivity (Wildman–Crippen MR) is 96.2 cm³/mol. The van der Waals surface area contributed by atoms with Crippen molar-refractivity contribution < 1.29 is 4.74 Å². The first-order valence-corrected chi connectivity index (χ1v) is 8.49. The van der Waals surface area contributed by atoms with Crippen LogP contribution in [-0.2, 0) is 12.8 Å². The number of nitrogens with zero attached hydrogens (tertiary/aromatic N) is 1. The van der Waals surface area contributed by atoms with E-state index in [1.165, 1.54) is 10.4 Å². The fourth-order valence-electron chi connectivity index (χ4n) is 2.42. The summed E-state index contributed by atoms with van der Waals surface area (Å²) in [6.45, 7) is 2.69. The minimum Gasteiger partial charge on any atom is -0.491 e. The average molecular weight is 324 g/mol.